The average molecular weight is 436 g/mol. The zero-order valence-corrected chi connectivity index (χ0v) is 17.6. The van der Waals surface area contributed by atoms with Crippen molar-refractivity contribution in [2.45, 2.75) is 62.6 Å². The van der Waals surface area contributed by atoms with Crippen molar-refractivity contribution in [1.29, 1.82) is 0 Å². The van der Waals surface area contributed by atoms with E-state index >= 15 is 0 Å². The number of methoxy groups -OCH3 is 1. The molecular formula is C19H25N5O5S. The van der Waals surface area contributed by atoms with E-state index in [-0.39, 0.29) is 28.9 Å². The molecule has 1 amide bonds. The van der Waals surface area contributed by atoms with Crippen LogP contribution in [0.15, 0.2) is 27.9 Å². The average Bonchev–Trinajstić information content (AvgIpc) is 3.50. The number of rotatable bonds is 7. The van der Waals surface area contributed by atoms with Crippen molar-refractivity contribution in [3.8, 4) is 5.75 Å². The van der Waals surface area contributed by atoms with Crippen LogP contribution >= 0.6 is 0 Å². The third-order valence-electron chi connectivity index (χ3n) is 5.23. The van der Waals surface area contributed by atoms with Crippen LogP contribution in [0.5, 0.6) is 5.75 Å². The minimum atomic E-state index is -3.68. The van der Waals surface area contributed by atoms with E-state index in [2.05, 4.69) is 15.1 Å². The monoisotopic (exact) mass is 435 g/mol. The summed E-state index contributed by atoms with van der Waals surface area (Å²) in [5, 5.41) is 6.95. The maximum absolute atomic E-state index is 12.6. The molecule has 0 unspecified atom stereocenters. The molecule has 2 N–H and O–H groups in total. The fourth-order valence-electron chi connectivity index (χ4n) is 3.49. The molecule has 0 spiro atoms. The topological polar surface area (TPSA) is 124 Å². The highest BCUT2D eigenvalue weighted by molar-refractivity contribution is 7.89. The molecule has 11 heteroatoms. The maximum Gasteiger partial charge on any atom is 0.346 e. The Morgan fingerprint density at radius 3 is 2.80 bits per heavy atom. The highest BCUT2D eigenvalue weighted by Crippen LogP contribution is 2.29. The molecule has 1 aromatic heterocycles. The van der Waals surface area contributed by atoms with Crippen LogP contribution in [0.25, 0.3) is 0 Å². The maximum atomic E-state index is 12.6. The Kier molecular flexibility index (Phi) is 5.65. The van der Waals surface area contributed by atoms with Crippen LogP contribution in [-0.4, -0.2) is 41.8 Å². The minimum Gasteiger partial charge on any atom is -0.495 e. The number of aryl methyl sites for hydroxylation is 1. The summed E-state index contributed by atoms with van der Waals surface area (Å²) >= 11 is 0. The number of anilines is 1. The van der Waals surface area contributed by atoms with Gasteiger partial charge in [0.1, 0.15) is 18.1 Å². The van der Waals surface area contributed by atoms with E-state index in [1.165, 1.54) is 25.3 Å². The standard InChI is InChI=1S/C19H25N5O5S/c1-29-16-9-8-14(30(27,28)22-13-6-7-13)11-15(16)20-18(25)12-24-19(26)23-10-4-2-3-5-17(23)21-24/h8-9,11,13,22H,2-7,10,12H2,1H3,(H,20,25). The predicted molar refractivity (Wildman–Crippen MR) is 109 cm³/mol. The fourth-order valence-corrected chi connectivity index (χ4v) is 4.83. The predicted octanol–water partition coefficient (Wildman–Crippen LogP) is 0.859. The van der Waals surface area contributed by atoms with E-state index in [1.54, 1.807) is 4.57 Å². The molecule has 0 saturated heterocycles. The normalized spacial score (nSPS) is 16.6. The fraction of sp³-hybridized carbons (Fsp3) is 0.526. The summed E-state index contributed by atoms with van der Waals surface area (Å²) in [7, 11) is -2.25. The molecule has 1 aliphatic carbocycles. The SMILES string of the molecule is COc1ccc(S(=O)(=O)NC2CC2)cc1NC(=O)Cn1nc2n(c1=O)CCCCC2. The van der Waals surface area contributed by atoms with Crippen molar-refractivity contribution < 1.29 is 17.9 Å². The number of sulfonamides is 1. The third-order valence-corrected chi connectivity index (χ3v) is 6.75. The molecular weight excluding hydrogens is 410 g/mol. The number of nitrogens with one attached hydrogen (secondary N) is 2. The van der Waals surface area contributed by atoms with E-state index in [1.807, 2.05) is 0 Å². The van der Waals surface area contributed by atoms with E-state index in [4.69, 9.17) is 4.74 Å². The molecule has 0 radical (unpaired) electrons. The zero-order valence-electron chi connectivity index (χ0n) is 16.8. The van der Waals surface area contributed by atoms with Crippen LogP contribution in [0.1, 0.15) is 37.9 Å². The van der Waals surface area contributed by atoms with Crippen LogP contribution in [0.4, 0.5) is 5.69 Å². The summed E-state index contributed by atoms with van der Waals surface area (Å²) in [4.78, 5) is 25.2. The Balaban J connectivity index is 1.53. The molecule has 1 saturated carbocycles. The first kappa shape index (κ1) is 20.6. The van der Waals surface area contributed by atoms with Crippen LogP contribution in [0.2, 0.25) is 0 Å². The van der Waals surface area contributed by atoms with Crippen molar-refractivity contribution in [3.63, 3.8) is 0 Å². The number of carbonyl (C=O) groups excluding carboxylic acids is 1. The molecule has 30 heavy (non-hydrogen) atoms. The number of aromatic nitrogens is 3. The van der Waals surface area contributed by atoms with Crippen molar-refractivity contribution in [2.24, 2.45) is 0 Å². The van der Waals surface area contributed by atoms with Crippen LogP contribution < -0.4 is 20.5 Å². The molecule has 2 aromatic rings. The molecule has 2 heterocycles. The van der Waals surface area contributed by atoms with Gasteiger partial charge in [0.05, 0.1) is 17.7 Å². The van der Waals surface area contributed by atoms with Gasteiger partial charge in [0.2, 0.25) is 15.9 Å². The van der Waals surface area contributed by atoms with E-state index in [9.17, 15) is 18.0 Å². The number of carbonyl (C=O) groups is 1. The number of hydrogen-bond acceptors (Lipinski definition) is 6. The highest BCUT2D eigenvalue weighted by Gasteiger charge is 2.28. The van der Waals surface area contributed by atoms with Crippen LogP contribution in [0.3, 0.4) is 0 Å². The summed E-state index contributed by atoms with van der Waals surface area (Å²) in [6.45, 7) is 0.344. The second-order valence-corrected chi connectivity index (χ2v) is 9.34. The first-order valence-corrected chi connectivity index (χ1v) is 11.5. The van der Waals surface area contributed by atoms with Crippen molar-refractivity contribution >= 4 is 21.6 Å². The van der Waals surface area contributed by atoms with Gasteiger partial charge in [-0.3, -0.25) is 9.36 Å². The third kappa shape index (κ3) is 4.41. The number of amides is 1. The molecule has 1 fully saturated rings. The summed E-state index contributed by atoms with van der Waals surface area (Å²) in [5.41, 5.74) is -0.0889. The Bertz CT molecular complexity index is 1120. The van der Waals surface area contributed by atoms with Gasteiger partial charge in [0.15, 0.2) is 0 Å². The zero-order chi connectivity index (χ0) is 21.3. The number of benzene rings is 1. The molecule has 0 atom stereocenters. The number of ether oxygens (including phenoxy) is 1. The Labute approximate surface area is 174 Å². The molecule has 162 valence electrons. The van der Waals surface area contributed by atoms with E-state index < -0.39 is 15.9 Å². The summed E-state index contributed by atoms with van der Waals surface area (Å²) in [6, 6.07) is 4.24. The van der Waals surface area contributed by atoms with Gasteiger partial charge in [-0.1, -0.05) is 6.42 Å². The first-order valence-electron chi connectivity index (χ1n) is 10.0. The molecule has 1 aliphatic heterocycles. The Morgan fingerprint density at radius 2 is 2.07 bits per heavy atom. The lowest BCUT2D eigenvalue weighted by atomic mass is 10.2. The van der Waals surface area contributed by atoms with Crippen LogP contribution in [-0.2, 0) is 34.3 Å². The largest absolute Gasteiger partial charge is 0.495 e. The molecule has 2 aliphatic rings. The first-order chi connectivity index (χ1) is 14.4. The lowest BCUT2D eigenvalue weighted by Crippen LogP contribution is -2.30. The number of fused-ring (bicyclic) bond motifs is 1. The van der Waals surface area contributed by atoms with Crippen molar-refractivity contribution in [1.82, 2.24) is 19.1 Å². The van der Waals surface area contributed by atoms with Crippen molar-refractivity contribution in [2.75, 3.05) is 12.4 Å². The van der Waals surface area contributed by atoms with Gasteiger partial charge in [-0.15, -0.1) is 0 Å². The van der Waals surface area contributed by atoms with Gasteiger partial charge in [-0.25, -0.2) is 22.6 Å². The summed E-state index contributed by atoms with van der Waals surface area (Å²) in [6.07, 6.45) is 5.29. The van der Waals surface area contributed by atoms with Gasteiger partial charge in [0.25, 0.3) is 0 Å². The summed E-state index contributed by atoms with van der Waals surface area (Å²) < 4.78 is 35.6. The lowest BCUT2D eigenvalue weighted by molar-refractivity contribution is -0.117. The molecule has 4 rings (SSSR count). The number of hydrogen-bond donors (Lipinski definition) is 2. The van der Waals surface area contributed by atoms with Crippen LogP contribution in [0, 0.1) is 0 Å². The molecule has 1 aromatic carbocycles. The Morgan fingerprint density at radius 1 is 1.27 bits per heavy atom. The van der Waals surface area contributed by atoms with Gasteiger partial charge in [-0.05, 0) is 43.9 Å². The van der Waals surface area contributed by atoms with Gasteiger partial charge in [0, 0.05) is 19.0 Å². The Hall–Kier alpha value is -2.66. The second-order valence-electron chi connectivity index (χ2n) is 7.62. The van der Waals surface area contributed by atoms with Gasteiger partial charge >= 0.3 is 5.69 Å². The molecule has 0 bridgehead atoms. The number of nitrogens with zero attached hydrogens (tertiary/aromatic N) is 3. The van der Waals surface area contributed by atoms with E-state index in [0.29, 0.717) is 24.5 Å². The van der Waals surface area contributed by atoms with E-state index in [0.717, 1.165) is 36.8 Å². The smallest absolute Gasteiger partial charge is 0.346 e. The van der Waals surface area contributed by atoms with Gasteiger partial charge in [-0.2, -0.15) is 5.10 Å². The van der Waals surface area contributed by atoms with Crippen molar-refractivity contribution in [3.05, 3.63) is 34.5 Å². The quantitative estimate of drug-likeness (QED) is 0.665. The van der Waals surface area contributed by atoms with Gasteiger partial charge < -0.3 is 10.1 Å². The lowest BCUT2D eigenvalue weighted by Gasteiger charge is -2.13. The minimum absolute atomic E-state index is 0.0295. The highest BCUT2D eigenvalue weighted by atomic mass is 32.2. The summed E-state index contributed by atoms with van der Waals surface area (Å²) in [5.74, 6) is 0.525. The molecule has 10 nitrogen and oxygen atoms in total. The second kappa shape index (κ2) is 8.23.